The van der Waals surface area contributed by atoms with Gasteiger partial charge in [0.1, 0.15) is 12.4 Å². The van der Waals surface area contributed by atoms with Crippen molar-refractivity contribution in [2.75, 3.05) is 5.73 Å². The number of anilines is 1. The lowest BCUT2D eigenvalue weighted by molar-refractivity contribution is 0.302. The Balaban J connectivity index is 1.78. The summed E-state index contributed by atoms with van der Waals surface area (Å²) >= 11 is 0. The average Bonchev–Trinajstić information content (AvgIpc) is 2.83. The summed E-state index contributed by atoms with van der Waals surface area (Å²) in [7, 11) is 0. The van der Waals surface area contributed by atoms with Crippen LogP contribution in [0.5, 0.6) is 5.75 Å². The summed E-state index contributed by atoms with van der Waals surface area (Å²) in [6, 6.07) is 10.1. The van der Waals surface area contributed by atoms with Gasteiger partial charge in [0, 0.05) is 18.1 Å². The highest BCUT2D eigenvalue weighted by Gasteiger charge is 2.06. The van der Waals surface area contributed by atoms with Crippen molar-refractivity contribution in [3.05, 3.63) is 60.3 Å². The summed E-state index contributed by atoms with van der Waals surface area (Å²) in [4.78, 5) is 4.18. The summed E-state index contributed by atoms with van der Waals surface area (Å²) in [6.07, 6.45) is 3.49. The van der Waals surface area contributed by atoms with Crippen LogP contribution < -0.4 is 10.5 Å². The number of benzene rings is 1. The van der Waals surface area contributed by atoms with E-state index in [4.69, 9.17) is 10.5 Å². The minimum Gasteiger partial charge on any atom is -0.487 e. The highest BCUT2D eigenvalue weighted by Crippen LogP contribution is 2.15. The van der Waals surface area contributed by atoms with Gasteiger partial charge in [-0.25, -0.2) is 9.37 Å². The molecule has 2 aromatic heterocycles. The molecule has 0 aliphatic heterocycles. The zero-order valence-electron chi connectivity index (χ0n) is 10.1. The molecule has 5 heteroatoms. The Morgan fingerprint density at radius 2 is 2.00 bits per heavy atom. The van der Waals surface area contributed by atoms with E-state index < -0.39 is 0 Å². The van der Waals surface area contributed by atoms with Gasteiger partial charge in [-0.15, -0.1) is 0 Å². The van der Waals surface area contributed by atoms with Gasteiger partial charge in [0.2, 0.25) is 0 Å². The van der Waals surface area contributed by atoms with Gasteiger partial charge in [0.25, 0.3) is 0 Å². The smallest absolute Gasteiger partial charge is 0.173 e. The largest absolute Gasteiger partial charge is 0.487 e. The van der Waals surface area contributed by atoms with Crippen LogP contribution in [0.1, 0.15) is 5.69 Å². The van der Waals surface area contributed by atoms with E-state index in [0.29, 0.717) is 22.8 Å². The minimum absolute atomic E-state index is 0.283. The first-order chi connectivity index (χ1) is 9.22. The third-order valence-electron chi connectivity index (χ3n) is 2.75. The third kappa shape index (κ3) is 2.35. The van der Waals surface area contributed by atoms with Crippen LogP contribution in [0.3, 0.4) is 0 Å². The van der Waals surface area contributed by atoms with Crippen molar-refractivity contribution < 1.29 is 9.13 Å². The van der Waals surface area contributed by atoms with Gasteiger partial charge in [-0.1, -0.05) is 0 Å². The summed E-state index contributed by atoms with van der Waals surface area (Å²) in [5.74, 6) is 0.355. The van der Waals surface area contributed by atoms with Gasteiger partial charge in [0.15, 0.2) is 11.5 Å². The highest BCUT2D eigenvalue weighted by molar-refractivity contribution is 5.42. The van der Waals surface area contributed by atoms with Crippen molar-refractivity contribution in [3.63, 3.8) is 0 Å². The molecule has 96 valence electrons. The molecule has 3 aromatic rings. The molecule has 0 radical (unpaired) electrons. The number of halogens is 1. The SMILES string of the molecule is Nc1ccc(OCc2cn3cccc(F)c3n2)cc1. The molecule has 0 unspecified atom stereocenters. The number of fused-ring (bicyclic) bond motifs is 1. The van der Waals surface area contributed by atoms with Gasteiger partial charge in [-0.05, 0) is 36.4 Å². The van der Waals surface area contributed by atoms with E-state index in [0.717, 1.165) is 0 Å². The molecular formula is C14H12FN3O. The molecule has 0 saturated carbocycles. The van der Waals surface area contributed by atoms with Crippen molar-refractivity contribution in [1.82, 2.24) is 9.38 Å². The minimum atomic E-state index is -0.346. The fourth-order valence-electron chi connectivity index (χ4n) is 1.82. The number of hydrogen-bond donors (Lipinski definition) is 1. The van der Waals surface area contributed by atoms with E-state index >= 15 is 0 Å². The zero-order chi connectivity index (χ0) is 13.2. The normalized spacial score (nSPS) is 10.8. The van der Waals surface area contributed by atoms with Gasteiger partial charge in [-0.2, -0.15) is 0 Å². The fourth-order valence-corrected chi connectivity index (χ4v) is 1.82. The lowest BCUT2D eigenvalue weighted by Gasteiger charge is -2.03. The Labute approximate surface area is 109 Å². The molecule has 2 heterocycles. The van der Waals surface area contributed by atoms with E-state index in [1.807, 2.05) is 0 Å². The lowest BCUT2D eigenvalue weighted by atomic mass is 10.3. The fraction of sp³-hybridized carbons (Fsp3) is 0.0714. The number of rotatable bonds is 3. The van der Waals surface area contributed by atoms with Crippen molar-refractivity contribution in [3.8, 4) is 5.75 Å². The third-order valence-corrected chi connectivity index (χ3v) is 2.75. The first kappa shape index (κ1) is 11.5. The van der Waals surface area contributed by atoms with Crippen LogP contribution in [0, 0.1) is 5.82 Å². The van der Waals surface area contributed by atoms with Crippen LogP contribution in [-0.4, -0.2) is 9.38 Å². The second-order valence-electron chi connectivity index (χ2n) is 4.18. The summed E-state index contributed by atoms with van der Waals surface area (Å²) in [5, 5.41) is 0. The Kier molecular flexibility index (Phi) is 2.79. The Hall–Kier alpha value is -2.56. The molecule has 0 aliphatic carbocycles. The molecule has 3 rings (SSSR count). The number of ether oxygens (including phenoxy) is 1. The van der Waals surface area contributed by atoms with Crippen molar-refractivity contribution in [2.24, 2.45) is 0 Å². The Morgan fingerprint density at radius 3 is 2.74 bits per heavy atom. The predicted molar refractivity (Wildman–Crippen MR) is 70.3 cm³/mol. The van der Waals surface area contributed by atoms with Crippen LogP contribution in [0.2, 0.25) is 0 Å². The molecule has 0 amide bonds. The van der Waals surface area contributed by atoms with E-state index in [1.165, 1.54) is 6.07 Å². The van der Waals surface area contributed by atoms with Crippen LogP contribution in [0.4, 0.5) is 10.1 Å². The maximum absolute atomic E-state index is 13.5. The molecule has 0 fully saturated rings. The van der Waals surface area contributed by atoms with Gasteiger partial charge >= 0.3 is 0 Å². The number of nitrogen functional groups attached to an aromatic ring is 1. The number of hydrogen-bond acceptors (Lipinski definition) is 3. The van der Waals surface area contributed by atoms with Crippen molar-refractivity contribution >= 4 is 11.3 Å². The molecule has 0 bridgehead atoms. The molecule has 4 nitrogen and oxygen atoms in total. The van der Waals surface area contributed by atoms with Crippen LogP contribution in [0.15, 0.2) is 48.8 Å². The molecule has 2 N–H and O–H groups in total. The highest BCUT2D eigenvalue weighted by atomic mass is 19.1. The van der Waals surface area contributed by atoms with E-state index in [9.17, 15) is 4.39 Å². The molecule has 0 atom stereocenters. The molecule has 19 heavy (non-hydrogen) atoms. The Bertz CT molecular complexity index is 706. The maximum atomic E-state index is 13.5. The number of pyridine rings is 1. The molecule has 0 aliphatic rings. The maximum Gasteiger partial charge on any atom is 0.173 e. The lowest BCUT2D eigenvalue weighted by Crippen LogP contribution is -1.95. The van der Waals surface area contributed by atoms with E-state index in [2.05, 4.69) is 4.98 Å². The monoisotopic (exact) mass is 257 g/mol. The van der Waals surface area contributed by atoms with Gasteiger partial charge in [-0.3, -0.25) is 0 Å². The standard InChI is InChI=1S/C14H12FN3O/c15-13-2-1-7-18-8-11(17-14(13)18)9-19-12-5-3-10(16)4-6-12/h1-8H,9,16H2. The number of nitrogens with two attached hydrogens (primary N) is 1. The van der Waals surface area contributed by atoms with E-state index in [1.54, 1.807) is 47.1 Å². The Morgan fingerprint density at radius 1 is 1.21 bits per heavy atom. The topological polar surface area (TPSA) is 52.5 Å². The van der Waals surface area contributed by atoms with Crippen molar-refractivity contribution in [2.45, 2.75) is 6.61 Å². The predicted octanol–water partition coefficient (Wildman–Crippen LogP) is 2.63. The molecule has 1 aromatic carbocycles. The first-order valence-corrected chi connectivity index (χ1v) is 5.83. The summed E-state index contributed by atoms with van der Waals surface area (Å²) < 4.78 is 20.7. The first-order valence-electron chi connectivity index (χ1n) is 5.83. The number of nitrogens with zero attached hydrogens (tertiary/aromatic N) is 2. The summed E-state index contributed by atoms with van der Waals surface area (Å²) in [5.41, 5.74) is 7.24. The molecular weight excluding hydrogens is 245 g/mol. The van der Waals surface area contributed by atoms with Crippen LogP contribution in [0.25, 0.3) is 5.65 Å². The second-order valence-corrected chi connectivity index (χ2v) is 4.18. The number of aromatic nitrogens is 2. The molecule has 0 spiro atoms. The zero-order valence-corrected chi connectivity index (χ0v) is 10.1. The number of imidazole rings is 1. The van der Waals surface area contributed by atoms with Gasteiger partial charge < -0.3 is 14.9 Å². The molecule has 0 saturated heterocycles. The van der Waals surface area contributed by atoms with Crippen LogP contribution >= 0.6 is 0 Å². The van der Waals surface area contributed by atoms with Crippen LogP contribution in [-0.2, 0) is 6.61 Å². The van der Waals surface area contributed by atoms with E-state index in [-0.39, 0.29) is 12.4 Å². The van der Waals surface area contributed by atoms with Crippen molar-refractivity contribution in [1.29, 1.82) is 0 Å². The summed E-state index contributed by atoms with van der Waals surface area (Å²) in [6.45, 7) is 0.283. The van der Waals surface area contributed by atoms with Gasteiger partial charge in [0.05, 0.1) is 5.69 Å². The second kappa shape index (κ2) is 4.61. The quantitative estimate of drug-likeness (QED) is 0.734. The average molecular weight is 257 g/mol.